The first-order valence-electron chi connectivity index (χ1n) is 33.8. The second-order valence-electron chi connectivity index (χ2n) is 24.2. The molecule has 9 heteroatoms. The molecular weight excluding hydrogens is 996 g/mol. The maximum Gasteiger partial charge on any atom is 0.472 e. The first-order valence-corrected chi connectivity index (χ1v) is 35.3. The van der Waals surface area contributed by atoms with E-state index in [0.29, 0.717) is 17.4 Å². The summed E-state index contributed by atoms with van der Waals surface area (Å²) < 4.78 is 23.8. The average molecular weight is 1130 g/mol. The summed E-state index contributed by atoms with van der Waals surface area (Å²) in [5, 5.41) is 14.0. The largest absolute Gasteiger partial charge is 0.472 e. The van der Waals surface area contributed by atoms with Crippen molar-refractivity contribution in [3.63, 3.8) is 0 Å². The molecule has 0 spiro atoms. The van der Waals surface area contributed by atoms with E-state index < -0.39 is 20.0 Å². The van der Waals surface area contributed by atoms with Gasteiger partial charge in [0.2, 0.25) is 5.91 Å². The standard InChI is InChI=1S/C70H131N2O6P/c1-6-8-10-12-14-16-18-20-22-24-26-28-30-32-34-36-38-40-42-44-46-48-50-52-54-56-58-60-62-64-70(74)71-68(67-78-79(75,76)77-66-65-72(3,4)5)69(73)63-61-59-57-55-53-51-49-47-45-43-41-39-37-35-33-31-29-27-25-23-21-19-17-15-13-11-9-7-2/h8,10,14,16,20,22,26,28,32,34,61,63,68-69,73H,6-7,9,11-13,15,17-19,21,23-25,27,29-31,33,35-60,62,64-67H2,1-5H3,(H-,71,74,75,76)/p+1/b10-8-,16-14-,22-20-,28-26-,34-32-,63-61+. The van der Waals surface area contributed by atoms with Crippen molar-refractivity contribution in [2.45, 2.75) is 328 Å². The molecule has 8 nitrogen and oxygen atoms in total. The van der Waals surface area contributed by atoms with E-state index >= 15 is 0 Å². The summed E-state index contributed by atoms with van der Waals surface area (Å²) in [6, 6.07) is -0.852. The predicted octanol–water partition coefficient (Wildman–Crippen LogP) is 21.4. The number of phosphoric acid groups is 1. The zero-order valence-electron chi connectivity index (χ0n) is 52.9. The summed E-state index contributed by atoms with van der Waals surface area (Å²) in [5.41, 5.74) is 0. The van der Waals surface area contributed by atoms with E-state index in [-0.39, 0.29) is 19.1 Å². The van der Waals surface area contributed by atoms with Crippen molar-refractivity contribution in [2.24, 2.45) is 0 Å². The van der Waals surface area contributed by atoms with Crippen molar-refractivity contribution in [3.05, 3.63) is 72.9 Å². The van der Waals surface area contributed by atoms with Crippen LogP contribution in [-0.2, 0) is 18.4 Å². The molecule has 0 aromatic heterocycles. The molecule has 0 aliphatic carbocycles. The molecule has 0 aromatic rings. The van der Waals surface area contributed by atoms with Crippen molar-refractivity contribution < 1.29 is 32.9 Å². The first-order chi connectivity index (χ1) is 38.5. The van der Waals surface area contributed by atoms with Gasteiger partial charge in [-0.15, -0.1) is 0 Å². The van der Waals surface area contributed by atoms with Crippen LogP contribution in [0.2, 0.25) is 0 Å². The lowest BCUT2D eigenvalue weighted by molar-refractivity contribution is -0.870. The van der Waals surface area contributed by atoms with Gasteiger partial charge in [-0.25, -0.2) is 4.57 Å². The van der Waals surface area contributed by atoms with Gasteiger partial charge >= 0.3 is 7.82 Å². The van der Waals surface area contributed by atoms with Gasteiger partial charge in [0.15, 0.2) is 0 Å². The number of quaternary nitrogens is 1. The third kappa shape index (κ3) is 63.4. The van der Waals surface area contributed by atoms with Crippen molar-refractivity contribution in [1.29, 1.82) is 0 Å². The number of hydrogen-bond acceptors (Lipinski definition) is 5. The fourth-order valence-electron chi connectivity index (χ4n) is 9.96. The third-order valence-corrected chi connectivity index (χ3v) is 16.2. The Hall–Kier alpha value is -2.06. The zero-order chi connectivity index (χ0) is 57.7. The van der Waals surface area contributed by atoms with Crippen molar-refractivity contribution in [2.75, 3.05) is 40.9 Å². The molecule has 0 aliphatic rings. The Bertz CT molecular complexity index is 1520. The van der Waals surface area contributed by atoms with Gasteiger partial charge in [0.25, 0.3) is 0 Å². The van der Waals surface area contributed by atoms with Crippen LogP contribution in [0.1, 0.15) is 316 Å². The lowest BCUT2D eigenvalue weighted by atomic mass is 10.0. The van der Waals surface area contributed by atoms with Crippen molar-refractivity contribution in [3.8, 4) is 0 Å². The molecule has 0 radical (unpaired) electrons. The zero-order valence-corrected chi connectivity index (χ0v) is 53.8. The Morgan fingerprint density at radius 2 is 0.759 bits per heavy atom. The molecule has 3 atom stereocenters. The summed E-state index contributed by atoms with van der Waals surface area (Å²) in [6.07, 6.45) is 84.6. The number of nitrogens with zero attached hydrogens (tertiary/aromatic N) is 1. The minimum Gasteiger partial charge on any atom is -0.387 e. The summed E-state index contributed by atoms with van der Waals surface area (Å²) in [5.74, 6) is -0.177. The molecule has 0 rings (SSSR count). The van der Waals surface area contributed by atoms with E-state index in [4.69, 9.17) is 9.05 Å². The van der Waals surface area contributed by atoms with Gasteiger partial charge in [0, 0.05) is 6.42 Å². The topological polar surface area (TPSA) is 105 Å². The van der Waals surface area contributed by atoms with Gasteiger partial charge in [-0.1, -0.05) is 318 Å². The highest BCUT2D eigenvalue weighted by Gasteiger charge is 2.28. The number of unbranched alkanes of at least 4 members (excludes halogenated alkanes) is 39. The van der Waals surface area contributed by atoms with Crippen LogP contribution >= 0.6 is 7.82 Å². The molecule has 3 N–H and O–H groups in total. The van der Waals surface area contributed by atoms with E-state index in [9.17, 15) is 19.4 Å². The highest BCUT2D eigenvalue weighted by Crippen LogP contribution is 2.43. The number of allylic oxidation sites excluding steroid dienone is 11. The molecule has 1 amide bonds. The number of phosphoric ester groups is 1. The van der Waals surface area contributed by atoms with Crippen LogP contribution < -0.4 is 5.32 Å². The number of carbonyl (C=O) groups excluding carboxylic acids is 1. The van der Waals surface area contributed by atoms with Crippen LogP contribution in [0.5, 0.6) is 0 Å². The first kappa shape index (κ1) is 76.9. The monoisotopic (exact) mass is 1130 g/mol. The van der Waals surface area contributed by atoms with Gasteiger partial charge in [0.05, 0.1) is 39.9 Å². The maximum atomic E-state index is 13.0. The lowest BCUT2D eigenvalue weighted by Crippen LogP contribution is -2.45. The number of hydrogen-bond donors (Lipinski definition) is 3. The van der Waals surface area contributed by atoms with E-state index in [2.05, 4.69) is 79.9 Å². The SMILES string of the molecule is CC/C=C\C/C=C\C/C=C\C/C=C\C/C=C\CCCCCCCCCCCCCCCC(=O)NC(COP(=O)(O)OCC[N+](C)(C)C)C(O)/C=C/CCCCCCCCCCCCCCCCCCCCCCCCCCCC. The third-order valence-electron chi connectivity index (χ3n) is 15.2. The van der Waals surface area contributed by atoms with Crippen molar-refractivity contribution in [1.82, 2.24) is 5.32 Å². The van der Waals surface area contributed by atoms with Gasteiger partial charge in [-0.3, -0.25) is 13.8 Å². The summed E-state index contributed by atoms with van der Waals surface area (Å²) in [4.78, 5) is 23.4. The smallest absolute Gasteiger partial charge is 0.387 e. The lowest BCUT2D eigenvalue weighted by Gasteiger charge is -2.25. The minimum atomic E-state index is -4.36. The Morgan fingerprint density at radius 1 is 0.443 bits per heavy atom. The van der Waals surface area contributed by atoms with Gasteiger partial charge in [0.1, 0.15) is 13.2 Å². The summed E-state index contributed by atoms with van der Waals surface area (Å²) in [6.45, 7) is 4.74. The van der Waals surface area contributed by atoms with Crippen LogP contribution in [-0.4, -0.2) is 73.4 Å². The number of carbonyl (C=O) groups is 1. The molecule has 462 valence electrons. The van der Waals surface area contributed by atoms with Gasteiger partial charge in [-0.2, -0.15) is 0 Å². The number of aliphatic hydroxyl groups is 1. The Kier molecular flexibility index (Phi) is 59.0. The molecule has 0 saturated carbocycles. The van der Waals surface area contributed by atoms with Crippen LogP contribution in [0.4, 0.5) is 0 Å². The second-order valence-corrected chi connectivity index (χ2v) is 25.6. The van der Waals surface area contributed by atoms with Crippen LogP contribution in [0.25, 0.3) is 0 Å². The normalized spacial score (nSPS) is 14.2. The number of nitrogens with one attached hydrogen (secondary N) is 1. The molecular formula is C70H132N2O6P+. The Balaban J connectivity index is 4.11. The predicted molar refractivity (Wildman–Crippen MR) is 346 cm³/mol. The highest BCUT2D eigenvalue weighted by molar-refractivity contribution is 7.47. The molecule has 0 fully saturated rings. The quantitative estimate of drug-likeness (QED) is 0.0243. The number of aliphatic hydroxyl groups excluding tert-OH is 1. The second kappa shape index (κ2) is 60.5. The molecule has 0 aromatic carbocycles. The molecule has 0 heterocycles. The summed E-state index contributed by atoms with van der Waals surface area (Å²) >= 11 is 0. The maximum absolute atomic E-state index is 13.0. The van der Waals surface area contributed by atoms with Crippen LogP contribution in [0, 0.1) is 0 Å². The van der Waals surface area contributed by atoms with Crippen molar-refractivity contribution >= 4 is 13.7 Å². The van der Waals surface area contributed by atoms with Crippen LogP contribution in [0.15, 0.2) is 72.9 Å². The Labute approximate surface area is 491 Å². The molecule has 0 saturated heterocycles. The highest BCUT2D eigenvalue weighted by atomic mass is 31.2. The Morgan fingerprint density at radius 3 is 1.11 bits per heavy atom. The van der Waals surface area contributed by atoms with Crippen LogP contribution in [0.3, 0.4) is 0 Å². The van der Waals surface area contributed by atoms with E-state index in [1.165, 1.54) is 225 Å². The van der Waals surface area contributed by atoms with E-state index in [1.807, 2.05) is 27.2 Å². The van der Waals surface area contributed by atoms with Gasteiger partial charge in [-0.05, 0) is 64.2 Å². The minimum absolute atomic E-state index is 0.0598. The average Bonchev–Trinajstić information content (AvgIpc) is 3.42. The van der Waals surface area contributed by atoms with Gasteiger partial charge < -0.3 is 19.8 Å². The molecule has 0 bridgehead atoms. The number of rotatable bonds is 62. The van der Waals surface area contributed by atoms with E-state index in [1.54, 1.807) is 6.08 Å². The number of likely N-dealkylation sites (N-methyl/N-ethyl adjacent to an activating group) is 1. The summed E-state index contributed by atoms with van der Waals surface area (Å²) in [7, 11) is 1.58. The molecule has 79 heavy (non-hydrogen) atoms. The number of amides is 1. The molecule has 3 unspecified atom stereocenters. The fourth-order valence-corrected chi connectivity index (χ4v) is 10.7. The molecule has 0 aliphatic heterocycles. The van der Waals surface area contributed by atoms with E-state index in [0.717, 1.165) is 70.6 Å². The fraction of sp³-hybridized carbons (Fsp3) is 0.814.